The van der Waals surface area contributed by atoms with Gasteiger partial charge in [-0.05, 0) is 64.1 Å². The smallest absolute Gasteiger partial charge is 0.231 e. The fourth-order valence-electron chi connectivity index (χ4n) is 3.14. The largest absolute Gasteiger partial charge is 0.494 e. The maximum Gasteiger partial charge on any atom is 0.231 e. The molecule has 4 rings (SSSR count). The van der Waals surface area contributed by atoms with Crippen LogP contribution in [0, 0.1) is 20.8 Å². The van der Waals surface area contributed by atoms with E-state index in [-0.39, 0.29) is 0 Å². The maximum absolute atomic E-state index is 6.29. The van der Waals surface area contributed by atoms with E-state index in [2.05, 4.69) is 15.3 Å². The molecule has 8 heteroatoms. The van der Waals surface area contributed by atoms with Gasteiger partial charge in [0.05, 0.1) is 29.8 Å². The monoisotopic (exact) mass is 416 g/mol. The number of ether oxygens (including phenoxy) is 2. The molecule has 0 bridgehead atoms. The molecule has 4 aromatic rings. The van der Waals surface area contributed by atoms with Crippen molar-refractivity contribution >= 4 is 6.21 Å². The summed E-state index contributed by atoms with van der Waals surface area (Å²) in [6.45, 7) is 8.21. The Kier molecular flexibility index (Phi) is 5.79. The molecule has 0 aliphatic carbocycles. The minimum Gasteiger partial charge on any atom is -0.494 e. The van der Waals surface area contributed by atoms with Crippen molar-refractivity contribution in [2.75, 3.05) is 6.61 Å². The Bertz CT molecular complexity index is 1170. The van der Waals surface area contributed by atoms with Crippen molar-refractivity contribution < 1.29 is 9.47 Å². The zero-order valence-corrected chi connectivity index (χ0v) is 18.0. The predicted octanol–water partition coefficient (Wildman–Crippen LogP) is 4.46. The number of nitrogens with zero attached hydrogens (tertiary/aromatic N) is 6. The van der Waals surface area contributed by atoms with Crippen LogP contribution in [0.25, 0.3) is 5.69 Å². The summed E-state index contributed by atoms with van der Waals surface area (Å²) in [5, 5.41) is 17.4. The van der Waals surface area contributed by atoms with Crippen LogP contribution in [-0.4, -0.2) is 37.5 Å². The van der Waals surface area contributed by atoms with Crippen molar-refractivity contribution in [1.82, 2.24) is 24.7 Å². The molecular weight excluding hydrogens is 392 g/mol. The molecule has 31 heavy (non-hydrogen) atoms. The summed E-state index contributed by atoms with van der Waals surface area (Å²) in [6, 6.07) is 17.4. The van der Waals surface area contributed by atoms with E-state index in [1.54, 1.807) is 15.6 Å². The van der Waals surface area contributed by atoms with Gasteiger partial charge in [-0.25, -0.2) is 4.68 Å². The quantitative estimate of drug-likeness (QED) is 0.416. The number of rotatable bonds is 7. The van der Waals surface area contributed by atoms with E-state index in [1.165, 1.54) is 0 Å². The lowest BCUT2D eigenvalue weighted by Gasteiger charge is -2.11. The summed E-state index contributed by atoms with van der Waals surface area (Å²) >= 11 is 0. The Balaban J connectivity index is 1.76. The molecule has 158 valence electrons. The highest BCUT2D eigenvalue weighted by Crippen LogP contribution is 2.30. The second kappa shape index (κ2) is 8.83. The van der Waals surface area contributed by atoms with Crippen molar-refractivity contribution in [1.29, 1.82) is 0 Å². The number of benzene rings is 2. The van der Waals surface area contributed by atoms with Crippen molar-refractivity contribution in [2.24, 2.45) is 5.10 Å². The lowest BCUT2D eigenvalue weighted by molar-refractivity contribution is 0.339. The molecule has 0 aliphatic rings. The zero-order chi connectivity index (χ0) is 21.8. The minimum absolute atomic E-state index is 0.569. The number of para-hydroxylation sites is 1. The molecule has 0 radical (unpaired) electrons. The van der Waals surface area contributed by atoms with Crippen LogP contribution in [0.4, 0.5) is 0 Å². The lowest BCUT2D eigenvalue weighted by Crippen LogP contribution is -2.01. The summed E-state index contributed by atoms with van der Waals surface area (Å²) < 4.78 is 15.3. The number of aryl methyl sites for hydroxylation is 3. The first-order valence-corrected chi connectivity index (χ1v) is 10.1. The Morgan fingerprint density at radius 2 is 1.55 bits per heavy atom. The third-order valence-electron chi connectivity index (χ3n) is 4.67. The first kappa shape index (κ1) is 20.3. The van der Waals surface area contributed by atoms with Crippen LogP contribution in [0.3, 0.4) is 0 Å². The second-order valence-corrected chi connectivity index (χ2v) is 6.91. The van der Waals surface area contributed by atoms with Gasteiger partial charge in [0.1, 0.15) is 11.5 Å². The molecule has 0 atom stereocenters. The molecule has 8 nitrogen and oxygen atoms in total. The molecule has 0 spiro atoms. The summed E-state index contributed by atoms with van der Waals surface area (Å²) in [5.41, 5.74) is 2.45. The third kappa shape index (κ3) is 4.32. The van der Waals surface area contributed by atoms with Crippen molar-refractivity contribution in [3.8, 4) is 23.1 Å². The van der Waals surface area contributed by atoms with E-state index < -0.39 is 0 Å². The van der Waals surface area contributed by atoms with Crippen LogP contribution in [0.5, 0.6) is 17.4 Å². The molecule has 0 saturated heterocycles. The van der Waals surface area contributed by atoms with Crippen LogP contribution in [0.1, 0.15) is 29.8 Å². The van der Waals surface area contributed by atoms with E-state index in [9.17, 15) is 0 Å². The fourth-order valence-corrected chi connectivity index (χ4v) is 3.14. The van der Waals surface area contributed by atoms with Gasteiger partial charge in [-0.3, -0.25) is 0 Å². The summed E-state index contributed by atoms with van der Waals surface area (Å²) in [4.78, 5) is 0. The van der Waals surface area contributed by atoms with E-state index in [0.717, 1.165) is 22.7 Å². The Hall–Kier alpha value is -3.94. The first-order chi connectivity index (χ1) is 15.1. The van der Waals surface area contributed by atoms with Gasteiger partial charge in [0, 0.05) is 0 Å². The van der Waals surface area contributed by atoms with Gasteiger partial charge in [-0.2, -0.15) is 14.9 Å². The number of aromatic nitrogens is 5. The van der Waals surface area contributed by atoms with Gasteiger partial charge in [-0.15, -0.1) is 10.2 Å². The minimum atomic E-state index is 0.569. The average Bonchev–Trinajstić information content (AvgIpc) is 3.27. The van der Waals surface area contributed by atoms with Gasteiger partial charge in [0.25, 0.3) is 0 Å². The molecule has 0 aliphatic heterocycles. The Morgan fingerprint density at radius 1 is 0.903 bits per heavy atom. The normalized spacial score (nSPS) is 11.2. The van der Waals surface area contributed by atoms with Crippen LogP contribution >= 0.6 is 0 Å². The van der Waals surface area contributed by atoms with Gasteiger partial charge in [-0.1, -0.05) is 18.2 Å². The lowest BCUT2D eigenvalue weighted by atomic mass is 10.2. The summed E-state index contributed by atoms with van der Waals surface area (Å²) in [5.74, 6) is 3.45. The number of hydrogen-bond acceptors (Lipinski definition) is 6. The van der Waals surface area contributed by atoms with Crippen LogP contribution < -0.4 is 9.47 Å². The molecule has 2 heterocycles. The highest BCUT2D eigenvalue weighted by molar-refractivity contribution is 5.84. The molecule has 0 amide bonds. The SMILES string of the molecule is CCOc1ccc(Oc2c(/C=N\n3c(C)nnc3C)c(C)nn2-c2ccccc2)cc1. The average molecular weight is 416 g/mol. The standard InChI is InChI=1S/C23H24N6O2/c1-5-30-20-11-13-21(14-12-20)31-23-22(15-24-28-17(3)25-26-18(28)4)16(2)27-29(23)19-9-7-6-8-10-19/h6-15H,5H2,1-4H3/b24-15-. The molecule has 2 aromatic carbocycles. The number of hydrogen-bond donors (Lipinski definition) is 0. The van der Waals surface area contributed by atoms with E-state index >= 15 is 0 Å². The first-order valence-electron chi connectivity index (χ1n) is 10.1. The van der Waals surface area contributed by atoms with Gasteiger partial charge in [0.2, 0.25) is 5.88 Å². The van der Waals surface area contributed by atoms with Gasteiger partial charge >= 0.3 is 0 Å². The van der Waals surface area contributed by atoms with Gasteiger partial charge in [0.15, 0.2) is 11.6 Å². The molecule has 0 fully saturated rings. The summed E-state index contributed by atoms with van der Waals surface area (Å²) in [6.07, 6.45) is 1.73. The van der Waals surface area contributed by atoms with Crippen LogP contribution in [-0.2, 0) is 0 Å². The van der Waals surface area contributed by atoms with E-state index in [0.29, 0.717) is 29.9 Å². The predicted molar refractivity (Wildman–Crippen MR) is 118 cm³/mol. The molecule has 2 aromatic heterocycles. The van der Waals surface area contributed by atoms with E-state index in [4.69, 9.17) is 14.6 Å². The molecule has 0 N–H and O–H groups in total. The second-order valence-electron chi connectivity index (χ2n) is 6.91. The van der Waals surface area contributed by atoms with E-state index in [1.807, 2.05) is 82.3 Å². The zero-order valence-electron chi connectivity index (χ0n) is 18.0. The van der Waals surface area contributed by atoms with Crippen molar-refractivity contribution in [2.45, 2.75) is 27.7 Å². The van der Waals surface area contributed by atoms with Crippen molar-refractivity contribution in [3.63, 3.8) is 0 Å². The van der Waals surface area contributed by atoms with Crippen LogP contribution in [0.2, 0.25) is 0 Å². The highest BCUT2D eigenvalue weighted by Gasteiger charge is 2.18. The third-order valence-corrected chi connectivity index (χ3v) is 4.67. The molecular formula is C23H24N6O2. The highest BCUT2D eigenvalue weighted by atomic mass is 16.5. The Morgan fingerprint density at radius 3 is 2.19 bits per heavy atom. The van der Waals surface area contributed by atoms with Gasteiger partial charge < -0.3 is 9.47 Å². The topological polar surface area (TPSA) is 79.3 Å². The molecule has 0 unspecified atom stereocenters. The Labute approximate surface area is 180 Å². The summed E-state index contributed by atoms with van der Waals surface area (Å²) in [7, 11) is 0. The maximum atomic E-state index is 6.29. The molecule has 0 saturated carbocycles. The fraction of sp³-hybridized carbons (Fsp3) is 0.217. The van der Waals surface area contributed by atoms with Crippen molar-refractivity contribution in [3.05, 3.63) is 77.5 Å². The van der Waals surface area contributed by atoms with Crippen LogP contribution in [0.15, 0.2) is 59.7 Å².